The number of anilines is 1. The number of para-hydroxylation sites is 1. The molecule has 0 radical (unpaired) electrons. The minimum absolute atomic E-state index is 0.170. The molecule has 8 heteroatoms. The second kappa shape index (κ2) is 9.83. The van der Waals surface area contributed by atoms with Gasteiger partial charge in [0.05, 0.1) is 11.4 Å². The van der Waals surface area contributed by atoms with E-state index in [2.05, 4.69) is 24.5 Å². The summed E-state index contributed by atoms with van der Waals surface area (Å²) >= 11 is 0. The topological polar surface area (TPSA) is 95.6 Å². The van der Waals surface area contributed by atoms with E-state index >= 15 is 0 Å². The number of amides is 2. The van der Waals surface area contributed by atoms with E-state index in [4.69, 9.17) is 0 Å². The van der Waals surface area contributed by atoms with Gasteiger partial charge in [0.2, 0.25) is 15.9 Å². The first-order valence-electron chi connectivity index (χ1n) is 10.8. The molecule has 0 aliphatic carbocycles. The van der Waals surface area contributed by atoms with Crippen LogP contribution in [0.2, 0.25) is 0 Å². The summed E-state index contributed by atoms with van der Waals surface area (Å²) < 4.78 is 27.5. The molecular formula is C24H31N3O4S. The van der Waals surface area contributed by atoms with Crippen molar-refractivity contribution in [2.75, 3.05) is 25.0 Å². The molecule has 2 N–H and O–H groups in total. The lowest BCUT2D eigenvalue weighted by molar-refractivity contribution is -0.115. The third-order valence-corrected chi connectivity index (χ3v) is 7.59. The van der Waals surface area contributed by atoms with Crippen LogP contribution in [-0.4, -0.2) is 44.2 Å². The molecule has 2 unspecified atom stereocenters. The molecule has 1 aliphatic rings. The van der Waals surface area contributed by atoms with E-state index in [0.717, 1.165) is 23.2 Å². The normalized spacial score (nSPS) is 19.4. The van der Waals surface area contributed by atoms with Crippen molar-refractivity contribution in [3.8, 4) is 0 Å². The molecule has 2 amide bonds. The third kappa shape index (κ3) is 5.55. The maximum absolute atomic E-state index is 13.0. The number of carbonyl (C=O) groups is 2. The molecule has 0 aromatic heterocycles. The van der Waals surface area contributed by atoms with E-state index in [1.165, 1.54) is 28.6 Å². The largest absolute Gasteiger partial charge is 0.343 e. The first-order valence-corrected chi connectivity index (χ1v) is 12.3. The SMILES string of the molecule is Cc1cccc(C)c1NC(=O)CNC(=O)c1ccc(S(=O)(=O)N2CC(C)CC(C)C2)cc1. The summed E-state index contributed by atoms with van der Waals surface area (Å²) in [6.45, 7) is 8.75. The molecule has 172 valence electrons. The number of hydrogen-bond acceptors (Lipinski definition) is 4. The minimum Gasteiger partial charge on any atom is -0.343 e. The summed E-state index contributed by atoms with van der Waals surface area (Å²) in [5, 5.41) is 5.40. The van der Waals surface area contributed by atoms with Gasteiger partial charge < -0.3 is 10.6 Å². The van der Waals surface area contributed by atoms with Crippen LogP contribution < -0.4 is 10.6 Å². The van der Waals surface area contributed by atoms with Crippen molar-refractivity contribution >= 4 is 27.5 Å². The zero-order chi connectivity index (χ0) is 23.5. The zero-order valence-corrected chi connectivity index (χ0v) is 19.8. The van der Waals surface area contributed by atoms with Crippen LogP contribution in [0.5, 0.6) is 0 Å². The Morgan fingerprint density at radius 2 is 1.53 bits per heavy atom. The van der Waals surface area contributed by atoms with Gasteiger partial charge >= 0.3 is 0 Å². The van der Waals surface area contributed by atoms with E-state index < -0.39 is 15.9 Å². The molecule has 32 heavy (non-hydrogen) atoms. The molecule has 3 rings (SSSR count). The van der Waals surface area contributed by atoms with E-state index in [1.54, 1.807) is 0 Å². The van der Waals surface area contributed by atoms with E-state index in [1.807, 2.05) is 32.0 Å². The van der Waals surface area contributed by atoms with E-state index in [9.17, 15) is 18.0 Å². The monoisotopic (exact) mass is 457 g/mol. The number of sulfonamides is 1. The maximum Gasteiger partial charge on any atom is 0.251 e. The van der Waals surface area contributed by atoms with Crippen LogP contribution >= 0.6 is 0 Å². The fourth-order valence-electron chi connectivity index (χ4n) is 4.19. The zero-order valence-electron chi connectivity index (χ0n) is 19.0. The third-order valence-electron chi connectivity index (χ3n) is 5.74. The van der Waals surface area contributed by atoms with Crippen LogP contribution in [-0.2, 0) is 14.8 Å². The van der Waals surface area contributed by atoms with Crippen molar-refractivity contribution in [1.82, 2.24) is 9.62 Å². The Morgan fingerprint density at radius 3 is 2.09 bits per heavy atom. The van der Waals surface area contributed by atoms with Crippen LogP contribution in [0.15, 0.2) is 47.4 Å². The number of aryl methyl sites for hydroxylation is 2. The molecule has 1 aliphatic heterocycles. The van der Waals surface area contributed by atoms with Gasteiger partial charge in [-0.2, -0.15) is 4.31 Å². The number of hydrogen-bond donors (Lipinski definition) is 2. The Labute approximate surface area is 190 Å². The Bertz CT molecular complexity index is 1070. The van der Waals surface area contributed by atoms with Crippen molar-refractivity contribution in [3.05, 3.63) is 59.2 Å². The molecule has 0 saturated carbocycles. The van der Waals surface area contributed by atoms with Crippen molar-refractivity contribution in [3.63, 3.8) is 0 Å². The standard InChI is InChI=1S/C24H31N3O4S/c1-16-12-17(2)15-27(14-16)32(30,31)21-10-8-20(9-11-21)24(29)25-13-22(28)26-23-18(3)6-5-7-19(23)4/h5-11,16-17H,12-15H2,1-4H3,(H,25,29)(H,26,28). The van der Waals surface area contributed by atoms with Crippen LogP contribution in [0, 0.1) is 25.7 Å². The Balaban J connectivity index is 1.61. The molecule has 7 nitrogen and oxygen atoms in total. The number of rotatable bonds is 6. The van der Waals surface area contributed by atoms with Gasteiger partial charge in [-0.25, -0.2) is 8.42 Å². The molecule has 2 atom stereocenters. The van der Waals surface area contributed by atoms with Gasteiger partial charge in [-0.3, -0.25) is 9.59 Å². The summed E-state index contributed by atoms with van der Waals surface area (Å²) in [5.41, 5.74) is 2.92. The predicted octanol–water partition coefficient (Wildman–Crippen LogP) is 3.34. The number of piperidine rings is 1. The highest BCUT2D eigenvalue weighted by Gasteiger charge is 2.31. The molecule has 2 aromatic rings. The fourth-order valence-corrected chi connectivity index (χ4v) is 5.87. The van der Waals surface area contributed by atoms with Crippen molar-refractivity contribution in [2.24, 2.45) is 11.8 Å². The summed E-state index contributed by atoms with van der Waals surface area (Å²) in [7, 11) is -3.60. The molecule has 1 heterocycles. The molecule has 0 bridgehead atoms. The van der Waals surface area contributed by atoms with Gasteiger partial charge in [0, 0.05) is 24.3 Å². The van der Waals surface area contributed by atoms with Crippen molar-refractivity contribution in [1.29, 1.82) is 0 Å². The van der Waals surface area contributed by atoms with Gasteiger partial charge in [0.25, 0.3) is 5.91 Å². The summed E-state index contributed by atoms with van der Waals surface area (Å²) in [6.07, 6.45) is 1.02. The number of nitrogens with one attached hydrogen (secondary N) is 2. The average Bonchev–Trinajstić information content (AvgIpc) is 2.74. The lowest BCUT2D eigenvalue weighted by Crippen LogP contribution is -2.42. The van der Waals surface area contributed by atoms with Gasteiger partial charge in [-0.05, 0) is 67.5 Å². The predicted molar refractivity (Wildman–Crippen MR) is 125 cm³/mol. The van der Waals surface area contributed by atoms with E-state index in [-0.39, 0.29) is 17.3 Å². The smallest absolute Gasteiger partial charge is 0.251 e. The van der Waals surface area contributed by atoms with Crippen molar-refractivity contribution < 1.29 is 18.0 Å². The minimum atomic E-state index is -3.60. The highest BCUT2D eigenvalue weighted by Crippen LogP contribution is 2.26. The molecule has 2 aromatic carbocycles. The lowest BCUT2D eigenvalue weighted by atomic mass is 9.94. The van der Waals surface area contributed by atoms with Gasteiger partial charge in [0.1, 0.15) is 0 Å². The number of nitrogens with zero attached hydrogens (tertiary/aromatic N) is 1. The first kappa shape index (κ1) is 23.9. The Morgan fingerprint density at radius 1 is 0.969 bits per heavy atom. The lowest BCUT2D eigenvalue weighted by Gasteiger charge is -2.34. The van der Waals surface area contributed by atoms with Crippen LogP contribution in [0.25, 0.3) is 0 Å². The molecular weight excluding hydrogens is 426 g/mol. The summed E-state index contributed by atoms with van der Waals surface area (Å²) in [5.74, 6) is -0.143. The first-order chi connectivity index (χ1) is 15.1. The highest BCUT2D eigenvalue weighted by atomic mass is 32.2. The molecule has 1 saturated heterocycles. The molecule has 1 fully saturated rings. The highest BCUT2D eigenvalue weighted by molar-refractivity contribution is 7.89. The van der Waals surface area contributed by atoms with Gasteiger partial charge in [-0.15, -0.1) is 0 Å². The summed E-state index contributed by atoms with van der Waals surface area (Å²) in [4.78, 5) is 24.9. The van der Waals surface area contributed by atoms with E-state index in [0.29, 0.717) is 30.5 Å². The second-order valence-corrected chi connectivity index (χ2v) is 10.7. The second-order valence-electron chi connectivity index (χ2n) is 8.79. The van der Waals surface area contributed by atoms with Crippen LogP contribution in [0.3, 0.4) is 0 Å². The Kier molecular flexibility index (Phi) is 7.36. The fraction of sp³-hybridized carbons (Fsp3) is 0.417. The van der Waals surface area contributed by atoms with Gasteiger partial charge in [-0.1, -0.05) is 32.0 Å². The van der Waals surface area contributed by atoms with Crippen LogP contribution in [0.1, 0.15) is 41.8 Å². The van der Waals surface area contributed by atoms with Crippen molar-refractivity contribution in [2.45, 2.75) is 39.0 Å². The summed E-state index contributed by atoms with van der Waals surface area (Å²) in [6, 6.07) is 11.6. The number of carbonyl (C=O) groups excluding carboxylic acids is 2. The maximum atomic E-state index is 13.0. The average molecular weight is 458 g/mol. The molecule has 0 spiro atoms. The number of benzene rings is 2. The quantitative estimate of drug-likeness (QED) is 0.695. The van der Waals surface area contributed by atoms with Crippen LogP contribution in [0.4, 0.5) is 5.69 Å². The van der Waals surface area contributed by atoms with Gasteiger partial charge in [0.15, 0.2) is 0 Å². The Hall–Kier alpha value is -2.71.